The Balaban J connectivity index is 0.923. The number of unbranched alkanes of at least 4 members (excludes halogenated alkanes) is 1. The summed E-state index contributed by atoms with van der Waals surface area (Å²) in [6.07, 6.45) is 2.07. The summed E-state index contributed by atoms with van der Waals surface area (Å²) in [5.41, 5.74) is 1.96. The first-order valence-electron chi connectivity index (χ1n) is 26.3. The number of esters is 3. The number of amides is 4. The van der Waals surface area contributed by atoms with Gasteiger partial charge in [0.1, 0.15) is 73.5 Å². The van der Waals surface area contributed by atoms with Gasteiger partial charge in [-0.15, -0.1) is 0 Å². The van der Waals surface area contributed by atoms with Crippen LogP contribution in [-0.2, 0) is 53.2 Å². The fourth-order valence-corrected chi connectivity index (χ4v) is 12.3. The van der Waals surface area contributed by atoms with E-state index >= 15 is 4.79 Å². The molecule has 4 amide bonds. The molecule has 0 saturated carbocycles. The molecule has 10 rings (SSSR count). The van der Waals surface area contributed by atoms with E-state index in [1.807, 2.05) is 65.6 Å². The number of fused-ring (bicyclic) bond motifs is 4. The first-order chi connectivity index (χ1) is 38.0. The van der Waals surface area contributed by atoms with Crippen molar-refractivity contribution in [1.29, 1.82) is 0 Å². The Kier molecular flexibility index (Phi) is 15.7. The molecule has 0 radical (unpaired) electrons. The number of para-hydroxylation sites is 1. The molecule has 404 valence electrons. The van der Waals surface area contributed by atoms with E-state index in [0.29, 0.717) is 59.7 Å². The molecule has 5 aliphatic rings. The number of benzene rings is 5. The van der Waals surface area contributed by atoms with Crippen LogP contribution < -0.4 is 25.4 Å². The lowest BCUT2D eigenvalue weighted by molar-refractivity contribution is -0.180. The maximum absolute atomic E-state index is 15.2. The topological polar surface area (TPSA) is 228 Å². The molecule has 4 saturated heterocycles. The van der Waals surface area contributed by atoms with Gasteiger partial charge in [0.15, 0.2) is 0 Å². The van der Waals surface area contributed by atoms with Gasteiger partial charge in [0, 0.05) is 19.2 Å². The lowest BCUT2D eigenvalue weighted by atomic mass is 9.65. The van der Waals surface area contributed by atoms with E-state index < -0.39 is 83.4 Å². The van der Waals surface area contributed by atoms with Crippen molar-refractivity contribution < 1.29 is 62.4 Å². The van der Waals surface area contributed by atoms with Gasteiger partial charge in [0.05, 0.1) is 30.7 Å². The van der Waals surface area contributed by atoms with Crippen molar-refractivity contribution in [2.24, 2.45) is 11.8 Å². The van der Waals surface area contributed by atoms with Crippen LogP contribution in [-0.4, -0.2) is 114 Å². The molecule has 5 heterocycles. The van der Waals surface area contributed by atoms with E-state index in [9.17, 15) is 33.9 Å². The molecule has 78 heavy (non-hydrogen) atoms. The van der Waals surface area contributed by atoms with Gasteiger partial charge in [-0.05, 0) is 83.8 Å². The van der Waals surface area contributed by atoms with Crippen molar-refractivity contribution >= 4 is 47.2 Å². The Morgan fingerprint density at radius 1 is 0.756 bits per heavy atom. The van der Waals surface area contributed by atoms with Crippen molar-refractivity contribution in [3.63, 3.8) is 0 Å². The third kappa shape index (κ3) is 9.97. The van der Waals surface area contributed by atoms with Gasteiger partial charge in [-0.3, -0.25) is 38.5 Å². The summed E-state index contributed by atoms with van der Waals surface area (Å²) in [6, 6.07) is 34.4. The molecule has 18 nitrogen and oxygen atoms in total. The molecule has 4 N–H and O–H groups in total. The van der Waals surface area contributed by atoms with Crippen LogP contribution in [0.1, 0.15) is 84.7 Å². The van der Waals surface area contributed by atoms with Gasteiger partial charge in [0.25, 0.3) is 0 Å². The van der Waals surface area contributed by atoms with Gasteiger partial charge >= 0.3 is 17.9 Å². The largest absolute Gasteiger partial charge is 0.491 e. The number of nitrogens with one attached hydrogen (secondary N) is 3. The van der Waals surface area contributed by atoms with Crippen molar-refractivity contribution in [1.82, 2.24) is 20.4 Å². The standard InChI is InChI=1S/C60H61N5O13/c1-3-30-76-57(71)48-51-58(72)78-52(38-17-8-5-9-18-38)50(37-15-6-4-7-16-37)65(51)53(60(48)44-21-10-11-22-45(44)63-59(60)73)39-24-26-41(27-25-39)75-32-33-77-56(70)43-35-47-54(68)62-46(23-12-13-28-61-36(2)67)55(69)64(47)49(43)40-19-14-20-42(34-40)74-31-29-66/h3-11,14-22,24-27,34,43,46-53,66H,1,12-13,23,28-33,35H2,2H3,(H,61,67)(H,62,68)(H,63,73)/t43-,46+,47-,48+,49-,50+,51+,52-,53-,60+/m1/s1. The number of nitrogens with zero attached hydrogens (tertiary/aromatic N) is 2. The summed E-state index contributed by atoms with van der Waals surface area (Å²) in [6.45, 7) is 4.95. The van der Waals surface area contributed by atoms with Gasteiger partial charge in [0.2, 0.25) is 23.6 Å². The third-order valence-electron chi connectivity index (χ3n) is 15.4. The first kappa shape index (κ1) is 53.1. The molecule has 0 unspecified atom stereocenters. The lowest BCUT2D eigenvalue weighted by Gasteiger charge is -2.46. The molecule has 10 atom stereocenters. The minimum atomic E-state index is -1.71. The Hall–Kier alpha value is -8.35. The monoisotopic (exact) mass is 1060 g/mol. The van der Waals surface area contributed by atoms with E-state index in [4.69, 9.17) is 23.7 Å². The van der Waals surface area contributed by atoms with Crippen molar-refractivity contribution in [3.8, 4) is 11.5 Å². The van der Waals surface area contributed by atoms with E-state index in [1.54, 1.807) is 72.8 Å². The third-order valence-corrected chi connectivity index (χ3v) is 15.4. The number of morpholine rings is 1. The molecule has 0 aromatic heterocycles. The quantitative estimate of drug-likeness (QED) is 0.0316. The normalized spacial score (nSPS) is 25.9. The number of piperazine rings is 1. The number of anilines is 1. The van der Waals surface area contributed by atoms with Crippen LogP contribution in [0.4, 0.5) is 5.69 Å². The van der Waals surface area contributed by atoms with Crippen molar-refractivity contribution in [2.75, 3.05) is 44.9 Å². The van der Waals surface area contributed by atoms with E-state index in [-0.39, 0.29) is 57.2 Å². The number of aliphatic hydroxyl groups excluding tert-OH is 1. The lowest BCUT2D eigenvalue weighted by Crippen LogP contribution is -2.61. The SMILES string of the molecule is C=CCOC(=O)[C@@H]1[C@H]2C(=O)O[C@H](c3ccccc3)[C@H](c3ccccc3)N2[C@H](c2ccc(OCCOC(=O)[C@@H]3C[C@@H]4C(=O)N[C@@H](CCCCNC(C)=O)C(=O)N4[C@@H]3c3cccc(OCCO)c3)cc2)[C@@]12C(=O)Nc1ccccc12. The molecular formula is C60H61N5O13. The minimum absolute atomic E-state index is 0.00514. The fraction of sp³-hybridized carbons (Fsp3) is 0.350. The molecular weight excluding hydrogens is 999 g/mol. The van der Waals surface area contributed by atoms with Crippen LogP contribution in [0.5, 0.6) is 11.5 Å². The molecule has 1 spiro atoms. The second kappa shape index (κ2) is 23.1. The number of aliphatic hydroxyl groups is 1. The zero-order valence-electron chi connectivity index (χ0n) is 43.0. The highest BCUT2D eigenvalue weighted by atomic mass is 16.6. The Bertz CT molecular complexity index is 3070. The number of hydrogen-bond acceptors (Lipinski definition) is 14. The molecule has 0 aliphatic carbocycles. The van der Waals surface area contributed by atoms with Gasteiger partial charge in [-0.25, -0.2) is 0 Å². The number of carbonyl (C=O) groups excluding carboxylic acids is 7. The average Bonchev–Trinajstić information content (AvgIpc) is 2.91. The summed E-state index contributed by atoms with van der Waals surface area (Å²) in [5, 5.41) is 18.1. The summed E-state index contributed by atoms with van der Waals surface area (Å²) in [7, 11) is 0. The van der Waals surface area contributed by atoms with Gasteiger partial charge in [-0.1, -0.05) is 116 Å². The zero-order chi connectivity index (χ0) is 54.5. The minimum Gasteiger partial charge on any atom is -0.491 e. The van der Waals surface area contributed by atoms with E-state index in [2.05, 4.69) is 22.5 Å². The fourth-order valence-electron chi connectivity index (χ4n) is 12.3. The Labute approximate surface area is 451 Å². The van der Waals surface area contributed by atoms with Crippen LogP contribution >= 0.6 is 0 Å². The number of ether oxygens (including phenoxy) is 5. The van der Waals surface area contributed by atoms with Crippen LogP contribution in [0.15, 0.2) is 146 Å². The average molecular weight is 1060 g/mol. The number of hydrogen-bond donors (Lipinski definition) is 4. The van der Waals surface area contributed by atoms with Gasteiger partial charge in [-0.2, -0.15) is 0 Å². The first-order valence-corrected chi connectivity index (χ1v) is 26.3. The predicted octanol–water partition coefficient (Wildman–Crippen LogP) is 5.74. The second-order valence-electron chi connectivity index (χ2n) is 20.0. The number of rotatable bonds is 20. The molecule has 4 fully saturated rings. The van der Waals surface area contributed by atoms with Gasteiger partial charge < -0.3 is 49.6 Å². The predicted molar refractivity (Wildman–Crippen MR) is 282 cm³/mol. The molecule has 5 aromatic carbocycles. The highest BCUT2D eigenvalue weighted by Gasteiger charge is 2.74. The summed E-state index contributed by atoms with van der Waals surface area (Å²) in [5.74, 6) is -4.96. The van der Waals surface area contributed by atoms with E-state index in [0.717, 1.165) is 11.1 Å². The molecule has 5 aromatic rings. The maximum Gasteiger partial charge on any atom is 0.325 e. The van der Waals surface area contributed by atoms with Crippen LogP contribution in [0.25, 0.3) is 0 Å². The maximum atomic E-state index is 15.2. The second-order valence-corrected chi connectivity index (χ2v) is 20.0. The number of cyclic esters (lactones) is 1. The number of carbonyl (C=O) groups is 7. The highest BCUT2D eigenvalue weighted by Crippen LogP contribution is 2.65. The smallest absolute Gasteiger partial charge is 0.325 e. The molecule has 5 aliphatic heterocycles. The Morgan fingerprint density at radius 3 is 2.19 bits per heavy atom. The summed E-state index contributed by atoms with van der Waals surface area (Å²) in [4.78, 5) is 102. The highest BCUT2D eigenvalue weighted by molar-refractivity contribution is 6.11. The molecule has 0 bridgehead atoms. The summed E-state index contributed by atoms with van der Waals surface area (Å²) >= 11 is 0. The van der Waals surface area contributed by atoms with Crippen molar-refractivity contribution in [2.45, 2.75) is 80.4 Å². The van der Waals surface area contributed by atoms with Crippen LogP contribution in [0, 0.1) is 11.8 Å². The zero-order valence-corrected chi connectivity index (χ0v) is 43.0. The molecule has 18 heteroatoms. The van der Waals surface area contributed by atoms with Crippen molar-refractivity contribution in [3.05, 3.63) is 174 Å². The Morgan fingerprint density at radius 2 is 1.46 bits per heavy atom. The summed E-state index contributed by atoms with van der Waals surface area (Å²) < 4.78 is 30.0. The van der Waals surface area contributed by atoms with Crippen LogP contribution in [0.3, 0.4) is 0 Å². The van der Waals surface area contributed by atoms with Crippen LogP contribution in [0.2, 0.25) is 0 Å². The van der Waals surface area contributed by atoms with E-state index in [1.165, 1.54) is 17.9 Å².